The van der Waals surface area contributed by atoms with Crippen LogP contribution in [0.3, 0.4) is 0 Å². The lowest BCUT2D eigenvalue weighted by molar-refractivity contribution is 0.219. The lowest BCUT2D eigenvalue weighted by Gasteiger charge is -2.17. The largest absolute Gasteiger partial charge is 0.493 e. The third-order valence-corrected chi connectivity index (χ3v) is 4.71. The van der Waals surface area contributed by atoms with Crippen LogP contribution >= 0.6 is 39.1 Å². The van der Waals surface area contributed by atoms with Gasteiger partial charge < -0.3 is 14.6 Å². The van der Waals surface area contributed by atoms with E-state index in [-0.39, 0.29) is 0 Å². The van der Waals surface area contributed by atoms with Gasteiger partial charge in [-0.25, -0.2) is 0 Å². The van der Waals surface area contributed by atoms with E-state index in [1.165, 1.54) is 14.2 Å². The van der Waals surface area contributed by atoms with Gasteiger partial charge in [-0.1, -0.05) is 35.3 Å². The maximum Gasteiger partial charge on any atom is 0.162 e. The van der Waals surface area contributed by atoms with E-state index in [2.05, 4.69) is 15.9 Å². The fourth-order valence-electron chi connectivity index (χ4n) is 1.98. The molecule has 21 heavy (non-hydrogen) atoms. The fraction of sp³-hybridized carbons (Fsp3) is 0.200. The third kappa shape index (κ3) is 3.29. The molecule has 0 bridgehead atoms. The van der Waals surface area contributed by atoms with E-state index in [1.807, 2.05) is 0 Å². The first-order valence-corrected chi connectivity index (χ1v) is 7.57. The summed E-state index contributed by atoms with van der Waals surface area (Å²) in [7, 11) is 3.05. The van der Waals surface area contributed by atoms with Crippen molar-refractivity contribution in [2.75, 3.05) is 14.2 Å². The van der Waals surface area contributed by atoms with Crippen molar-refractivity contribution in [2.45, 2.75) is 6.10 Å². The molecule has 2 aromatic carbocycles. The number of ether oxygens (including phenoxy) is 2. The predicted octanol–water partition coefficient (Wildman–Crippen LogP) is 4.85. The predicted molar refractivity (Wildman–Crippen MR) is 87.8 cm³/mol. The monoisotopic (exact) mass is 390 g/mol. The Morgan fingerprint density at radius 3 is 2.29 bits per heavy atom. The molecule has 0 fully saturated rings. The SMILES string of the molecule is COc1cc(Cl)c(C(O)c2cccc(Br)c2Cl)cc1OC. The molecule has 1 N–H and O–H groups in total. The molecule has 0 aliphatic rings. The molecule has 1 unspecified atom stereocenters. The van der Waals surface area contributed by atoms with Gasteiger partial charge in [0, 0.05) is 21.7 Å². The Morgan fingerprint density at radius 1 is 1.05 bits per heavy atom. The smallest absolute Gasteiger partial charge is 0.162 e. The minimum absolute atomic E-state index is 0.371. The Hall–Kier alpha value is -0.940. The Balaban J connectivity index is 2.53. The standard InChI is InChI=1S/C15H13BrCl2O3/c1-20-12-6-9(11(17)7-13(12)21-2)15(19)8-4-3-5-10(16)14(8)18/h3-7,15,19H,1-2H3. The van der Waals surface area contributed by atoms with Crippen LogP contribution in [0.25, 0.3) is 0 Å². The second kappa shape index (κ2) is 6.88. The lowest BCUT2D eigenvalue weighted by Crippen LogP contribution is -2.03. The highest BCUT2D eigenvalue weighted by Crippen LogP contribution is 2.40. The summed E-state index contributed by atoms with van der Waals surface area (Å²) in [5.74, 6) is 0.987. The molecule has 0 amide bonds. The van der Waals surface area contributed by atoms with Gasteiger partial charge in [0.1, 0.15) is 6.10 Å². The van der Waals surface area contributed by atoms with E-state index in [1.54, 1.807) is 30.3 Å². The van der Waals surface area contributed by atoms with E-state index in [9.17, 15) is 5.11 Å². The van der Waals surface area contributed by atoms with Crippen LogP contribution in [0.15, 0.2) is 34.8 Å². The van der Waals surface area contributed by atoms with Crippen LogP contribution in [-0.4, -0.2) is 19.3 Å². The molecule has 0 aliphatic heterocycles. The van der Waals surface area contributed by atoms with Gasteiger partial charge in [-0.3, -0.25) is 0 Å². The minimum Gasteiger partial charge on any atom is -0.493 e. The van der Waals surface area contributed by atoms with Crippen molar-refractivity contribution >= 4 is 39.1 Å². The molecule has 2 rings (SSSR count). The number of rotatable bonds is 4. The first-order valence-electron chi connectivity index (χ1n) is 6.03. The molecule has 3 nitrogen and oxygen atoms in total. The topological polar surface area (TPSA) is 38.7 Å². The van der Waals surface area contributed by atoms with Gasteiger partial charge in [0.05, 0.1) is 24.3 Å². The van der Waals surface area contributed by atoms with Crippen LogP contribution in [-0.2, 0) is 0 Å². The molecule has 0 radical (unpaired) electrons. The Kier molecular flexibility index (Phi) is 5.38. The quantitative estimate of drug-likeness (QED) is 0.809. The van der Waals surface area contributed by atoms with E-state index >= 15 is 0 Å². The zero-order valence-corrected chi connectivity index (χ0v) is 14.5. The van der Waals surface area contributed by atoms with Crippen LogP contribution in [0.2, 0.25) is 10.0 Å². The zero-order valence-electron chi connectivity index (χ0n) is 11.4. The Morgan fingerprint density at radius 2 is 1.67 bits per heavy atom. The van der Waals surface area contributed by atoms with E-state index < -0.39 is 6.10 Å². The van der Waals surface area contributed by atoms with Gasteiger partial charge in [-0.2, -0.15) is 0 Å². The lowest BCUT2D eigenvalue weighted by atomic mass is 10.0. The number of hydrogen-bond acceptors (Lipinski definition) is 3. The number of methoxy groups -OCH3 is 2. The van der Waals surface area contributed by atoms with Crippen LogP contribution < -0.4 is 9.47 Å². The Labute approximate surface area is 141 Å². The second-order valence-corrected chi connectivity index (χ2v) is 5.91. The summed E-state index contributed by atoms with van der Waals surface area (Å²) in [6, 6.07) is 8.58. The van der Waals surface area contributed by atoms with Crippen molar-refractivity contribution in [1.82, 2.24) is 0 Å². The van der Waals surface area contributed by atoms with E-state index in [0.717, 1.165) is 0 Å². The van der Waals surface area contributed by atoms with Crippen LogP contribution in [0, 0.1) is 0 Å². The number of aliphatic hydroxyl groups excluding tert-OH is 1. The van der Waals surface area contributed by atoms with Crippen molar-refractivity contribution in [3.63, 3.8) is 0 Å². The normalized spacial score (nSPS) is 12.1. The van der Waals surface area contributed by atoms with Crippen molar-refractivity contribution in [1.29, 1.82) is 0 Å². The van der Waals surface area contributed by atoms with Gasteiger partial charge in [0.15, 0.2) is 11.5 Å². The summed E-state index contributed by atoms with van der Waals surface area (Å²) in [4.78, 5) is 0. The number of aliphatic hydroxyl groups is 1. The van der Waals surface area contributed by atoms with Crippen LogP contribution in [0.5, 0.6) is 11.5 Å². The summed E-state index contributed by atoms with van der Waals surface area (Å²) in [5, 5.41) is 11.4. The summed E-state index contributed by atoms with van der Waals surface area (Å²) >= 11 is 15.8. The van der Waals surface area contributed by atoms with Gasteiger partial charge >= 0.3 is 0 Å². The van der Waals surface area contributed by atoms with E-state index in [4.69, 9.17) is 32.7 Å². The molecular weight excluding hydrogens is 379 g/mol. The average Bonchev–Trinajstić information content (AvgIpc) is 2.49. The van der Waals surface area contributed by atoms with Crippen molar-refractivity contribution in [3.8, 4) is 11.5 Å². The van der Waals surface area contributed by atoms with Crippen molar-refractivity contribution in [3.05, 3.63) is 56.0 Å². The van der Waals surface area contributed by atoms with Crippen molar-refractivity contribution < 1.29 is 14.6 Å². The second-order valence-electron chi connectivity index (χ2n) is 4.27. The molecule has 1 atom stereocenters. The highest BCUT2D eigenvalue weighted by molar-refractivity contribution is 9.10. The molecule has 0 aliphatic carbocycles. The van der Waals surface area contributed by atoms with Crippen molar-refractivity contribution in [2.24, 2.45) is 0 Å². The van der Waals surface area contributed by atoms with E-state index in [0.29, 0.717) is 37.1 Å². The van der Waals surface area contributed by atoms with Gasteiger partial charge in [-0.05, 0) is 28.1 Å². The maximum absolute atomic E-state index is 10.6. The van der Waals surface area contributed by atoms with Crippen LogP contribution in [0.1, 0.15) is 17.2 Å². The number of halogens is 3. The molecule has 0 heterocycles. The third-order valence-electron chi connectivity index (χ3n) is 3.07. The molecular formula is C15H13BrCl2O3. The highest BCUT2D eigenvalue weighted by atomic mass is 79.9. The summed E-state index contributed by atoms with van der Waals surface area (Å²) < 4.78 is 11.1. The molecule has 2 aromatic rings. The number of hydrogen-bond donors (Lipinski definition) is 1. The Bertz CT molecular complexity index is 662. The summed E-state index contributed by atoms with van der Waals surface area (Å²) in [6.07, 6.45) is -0.970. The maximum atomic E-state index is 10.6. The molecule has 0 saturated heterocycles. The van der Waals surface area contributed by atoms with Crippen LogP contribution in [0.4, 0.5) is 0 Å². The molecule has 0 spiro atoms. The summed E-state index contributed by atoms with van der Waals surface area (Å²) in [5.41, 5.74) is 1.05. The average molecular weight is 392 g/mol. The molecule has 0 saturated carbocycles. The first kappa shape index (κ1) is 16.4. The van der Waals surface area contributed by atoms with Gasteiger partial charge in [0.2, 0.25) is 0 Å². The highest BCUT2D eigenvalue weighted by Gasteiger charge is 2.20. The van der Waals surface area contributed by atoms with Gasteiger partial charge in [-0.15, -0.1) is 0 Å². The number of benzene rings is 2. The molecule has 6 heteroatoms. The fourth-order valence-corrected chi connectivity index (χ4v) is 2.85. The summed E-state index contributed by atoms with van der Waals surface area (Å²) in [6.45, 7) is 0. The van der Waals surface area contributed by atoms with Gasteiger partial charge in [0.25, 0.3) is 0 Å². The minimum atomic E-state index is -0.970. The molecule has 112 valence electrons. The first-order chi connectivity index (χ1) is 9.99. The molecule has 0 aromatic heterocycles. The zero-order chi connectivity index (χ0) is 15.6.